The van der Waals surface area contributed by atoms with Gasteiger partial charge in [0.2, 0.25) is 5.11 Å². The highest BCUT2D eigenvalue weighted by atomic mass is 32.1. The van der Waals surface area contributed by atoms with Crippen LogP contribution in [0.1, 0.15) is 15.9 Å². The predicted octanol–water partition coefficient (Wildman–Crippen LogP) is 2.35. The summed E-state index contributed by atoms with van der Waals surface area (Å²) in [6, 6.07) is 15.7. The molecule has 1 N–H and O–H groups in total. The van der Waals surface area contributed by atoms with E-state index >= 15 is 0 Å². The maximum absolute atomic E-state index is 12.2. The van der Waals surface area contributed by atoms with Gasteiger partial charge in [-0.3, -0.25) is 4.79 Å². The number of nitrogens with zero attached hydrogens (tertiary/aromatic N) is 3. The quantitative estimate of drug-likeness (QED) is 0.684. The number of thiocarbonyl (C=S) groups is 1. The van der Waals surface area contributed by atoms with Gasteiger partial charge in [-0.15, -0.1) is 0 Å². The summed E-state index contributed by atoms with van der Waals surface area (Å²) in [5.41, 5.74) is 1.32. The number of rotatable bonds is 4. The number of carboxylic acids is 1. The zero-order valence-electron chi connectivity index (χ0n) is 12.5. The zero-order valence-corrected chi connectivity index (χ0v) is 13.3. The Bertz CT molecular complexity index is 836. The molecule has 0 aromatic heterocycles. The van der Waals surface area contributed by atoms with Gasteiger partial charge in [0.05, 0.1) is 11.8 Å². The van der Waals surface area contributed by atoms with Crippen molar-refractivity contribution in [2.24, 2.45) is 5.10 Å². The standard InChI is InChI=1S/C17H13N3O3S/c21-15-11-19(13-7-2-1-3-8-13)17(24)20(15)18-10-12-6-4-5-9-14(12)16(22)23/h1-10H,11H2,(H,22,23)/b18-10-. The van der Waals surface area contributed by atoms with Crippen LogP contribution in [0.2, 0.25) is 0 Å². The van der Waals surface area contributed by atoms with Gasteiger partial charge >= 0.3 is 5.97 Å². The molecule has 1 fully saturated rings. The molecular weight excluding hydrogens is 326 g/mol. The predicted molar refractivity (Wildman–Crippen MR) is 94.2 cm³/mol. The second-order valence-corrected chi connectivity index (χ2v) is 5.41. The molecule has 2 aromatic rings. The summed E-state index contributed by atoms with van der Waals surface area (Å²) in [7, 11) is 0. The van der Waals surface area contributed by atoms with E-state index in [1.807, 2.05) is 30.3 Å². The van der Waals surface area contributed by atoms with Crippen LogP contribution in [0.4, 0.5) is 5.69 Å². The minimum atomic E-state index is -1.06. The molecular formula is C17H13N3O3S. The van der Waals surface area contributed by atoms with Crippen LogP contribution in [-0.4, -0.2) is 39.9 Å². The molecule has 0 spiro atoms. The third-order valence-corrected chi connectivity index (χ3v) is 3.91. The first-order valence-corrected chi connectivity index (χ1v) is 7.54. The van der Waals surface area contributed by atoms with Gasteiger partial charge in [0.1, 0.15) is 6.54 Å². The lowest BCUT2D eigenvalue weighted by Gasteiger charge is -2.17. The van der Waals surface area contributed by atoms with Gasteiger partial charge in [-0.25, -0.2) is 4.79 Å². The van der Waals surface area contributed by atoms with E-state index in [0.29, 0.717) is 5.56 Å². The Morgan fingerprint density at radius 3 is 2.50 bits per heavy atom. The molecule has 1 saturated heterocycles. The van der Waals surface area contributed by atoms with Crippen LogP contribution >= 0.6 is 12.2 Å². The summed E-state index contributed by atoms with van der Waals surface area (Å²) in [6.45, 7) is 0.0980. The highest BCUT2D eigenvalue weighted by Gasteiger charge is 2.33. The topological polar surface area (TPSA) is 73.2 Å². The van der Waals surface area contributed by atoms with Crippen LogP contribution in [0.5, 0.6) is 0 Å². The summed E-state index contributed by atoms with van der Waals surface area (Å²) in [5.74, 6) is -1.33. The Morgan fingerprint density at radius 1 is 1.12 bits per heavy atom. The number of carbonyl (C=O) groups is 2. The van der Waals surface area contributed by atoms with Gasteiger partial charge in [0.15, 0.2) is 0 Å². The molecule has 0 unspecified atom stereocenters. The Balaban J connectivity index is 1.85. The molecule has 2 aromatic carbocycles. The fraction of sp³-hybridized carbons (Fsp3) is 0.0588. The average molecular weight is 339 g/mol. The third-order valence-electron chi connectivity index (χ3n) is 3.51. The normalized spacial score (nSPS) is 14.7. The highest BCUT2D eigenvalue weighted by molar-refractivity contribution is 7.80. The lowest BCUT2D eigenvalue weighted by Crippen LogP contribution is -2.29. The first-order valence-electron chi connectivity index (χ1n) is 7.14. The molecule has 0 atom stereocenters. The van der Waals surface area contributed by atoms with Crippen molar-refractivity contribution >= 4 is 41.1 Å². The second kappa shape index (κ2) is 6.59. The largest absolute Gasteiger partial charge is 0.478 e. The first-order chi connectivity index (χ1) is 11.6. The van der Waals surface area contributed by atoms with Crippen LogP contribution in [-0.2, 0) is 4.79 Å². The number of hydrazone groups is 1. The molecule has 1 heterocycles. The zero-order chi connectivity index (χ0) is 17.1. The van der Waals surface area contributed by atoms with E-state index in [4.69, 9.17) is 12.2 Å². The number of hydrogen-bond donors (Lipinski definition) is 1. The van der Waals surface area contributed by atoms with Gasteiger partial charge in [-0.1, -0.05) is 36.4 Å². The van der Waals surface area contributed by atoms with E-state index in [9.17, 15) is 14.7 Å². The number of anilines is 1. The maximum atomic E-state index is 12.2. The molecule has 24 heavy (non-hydrogen) atoms. The van der Waals surface area contributed by atoms with Gasteiger partial charge < -0.3 is 10.0 Å². The van der Waals surface area contributed by atoms with Crippen LogP contribution < -0.4 is 4.90 Å². The Kier molecular flexibility index (Phi) is 4.35. The third kappa shape index (κ3) is 3.02. The number of benzene rings is 2. The number of carboxylic acid groups (broad SMARTS) is 1. The van der Waals surface area contributed by atoms with E-state index in [0.717, 1.165) is 10.7 Å². The monoisotopic (exact) mass is 339 g/mol. The summed E-state index contributed by atoms with van der Waals surface area (Å²) >= 11 is 5.32. The number of para-hydroxylation sites is 1. The summed E-state index contributed by atoms with van der Waals surface area (Å²) in [6.07, 6.45) is 1.34. The van der Waals surface area contributed by atoms with E-state index < -0.39 is 5.97 Å². The maximum Gasteiger partial charge on any atom is 0.336 e. The van der Waals surface area contributed by atoms with Crippen molar-refractivity contribution in [1.82, 2.24) is 5.01 Å². The van der Waals surface area contributed by atoms with E-state index in [-0.39, 0.29) is 23.1 Å². The molecule has 120 valence electrons. The SMILES string of the molecule is O=C(O)c1ccccc1/C=N\N1C(=O)CN(c2ccccc2)C1=S. The summed E-state index contributed by atoms with van der Waals surface area (Å²) in [4.78, 5) is 25.1. The molecule has 0 aliphatic carbocycles. The van der Waals surface area contributed by atoms with E-state index in [1.165, 1.54) is 12.3 Å². The van der Waals surface area contributed by atoms with Crippen molar-refractivity contribution in [2.45, 2.75) is 0 Å². The highest BCUT2D eigenvalue weighted by Crippen LogP contribution is 2.21. The lowest BCUT2D eigenvalue weighted by molar-refractivity contribution is -0.124. The molecule has 0 radical (unpaired) electrons. The summed E-state index contributed by atoms with van der Waals surface area (Å²) in [5, 5.41) is 14.6. The number of amides is 1. The van der Waals surface area contributed by atoms with Crippen molar-refractivity contribution < 1.29 is 14.7 Å². The molecule has 1 aliphatic heterocycles. The van der Waals surface area contributed by atoms with Crippen LogP contribution in [0.15, 0.2) is 59.7 Å². The van der Waals surface area contributed by atoms with Crippen molar-refractivity contribution in [3.63, 3.8) is 0 Å². The number of aromatic carboxylic acids is 1. The summed E-state index contributed by atoms with van der Waals surface area (Å²) < 4.78 is 0. The minimum Gasteiger partial charge on any atom is -0.478 e. The number of hydrogen-bond acceptors (Lipinski definition) is 4. The van der Waals surface area contributed by atoms with Gasteiger partial charge in [-0.2, -0.15) is 10.1 Å². The average Bonchev–Trinajstić information content (AvgIpc) is 2.88. The van der Waals surface area contributed by atoms with Crippen molar-refractivity contribution in [1.29, 1.82) is 0 Å². The molecule has 7 heteroatoms. The lowest BCUT2D eigenvalue weighted by atomic mass is 10.1. The molecule has 6 nitrogen and oxygen atoms in total. The van der Waals surface area contributed by atoms with Crippen LogP contribution in [0.25, 0.3) is 0 Å². The van der Waals surface area contributed by atoms with Gasteiger partial charge in [-0.05, 0) is 30.4 Å². The van der Waals surface area contributed by atoms with Crippen molar-refractivity contribution in [3.8, 4) is 0 Å². The van der Waals surface area contributed by atoms with Gasteiger partial charge in [0.25, 0.3) is 5.91 Å². The molecule has 3 rings (SSSR count). The molecule has 0 saturated carbocycles. The smallest absolute Gasteiger partial charge is 0.336 e. The second-order valence-electron chi connectivity index (χ2n) is 5.05. The van der Waals surface area contributed by atoms with Crippen molar-refractivity contribution in [2.75, 3.05) is 11.4 Å². The first kappa shape index (κ1) is 15.8. The number of carbonyl (C=O) groups excluding carboxylic acids is 1. The van der Waals surface area contributed by atoms with Crippen LogP contribution in [0, 0.1) is 0 Å². The van der Waals surface area contributed by atoms with Crippen molar-refractivity contribution in [3.05, 3.63) is 65.7 Å². The van der Waals surface area contributed by atoms with E-state index in [1.54, 1.807) is 23.1 Å². The Morgan fingerprint density at radius 2 is 1.79 bits per heavy atom. The molecule has 1 amide bonds. The Hall–Kier alpha value is -3.06. The van der Waals surface area contributed by atoms with E-state index in [2.05, 4.69) is 5.10 Å². The van der Waals surface area contributed by atoms with Crippen LogP contribution in [0.3, 0.4) is 0 Å². The molecule has 1 aliphatic rings. The Labute approximate surface area is 143 Å². The molecule has 0 bridgehead atoms. The van der Waals surface area contributed by atoms with Gasteiger partial charge in [0, 0.05) is 11.3 Å². The fourth-order valence-corrected chi connectivity index (χ4v) is 2.66. The fourth-order valence-electron chi connectivity index (χ4n) is 2.34. The minimum absolute atomic E-state index is 0.0980.